The van der Waals surface area contributed by atoms with Crippen molar-refractivity contribution in [3.05, 3.63) is 46.0 Å². The molecule has 1 rings (SSSR count). The molecule has 0 spiro atoms. The molecule has 7 nitrogen and oxygen atoms in total. The average molecular weight is 265 g/mol. The maximum absolute atomic E-state index is 11.9. The molecule has 102 valence electrons. The van der Waals surface area contributed by atoms with Gasteiger partial charge in [0.15, 0.2) is 0 Å². The summed E-state index contributed by atoms with van der Waals surface area (Å²) in [6.07, 6.45) is 3.40. The molecule has 0 aliphatic heterocycles. The van der Waals surface area contributed by atoms with Gasteiger partial charge in [-0.15, -0.1) is 0 Å². The van der Waals surface area contributed by atoms with Gasteiger partial charge < -0.3 is 15.8 Å². The van der Waals surface area contributed by atoms with Crippen molar-refractivity contribution in [3.63, 3.8) is 0 Å². The van der Waals surface area contributed by atoms with Gasteiger partial charge in [0.25, 0.3) is 5.91 Å². The summed E-state index contributed by atoms with van der Waals surface area (Å²) in [7, 11) is 1.29. The van der Waals surface area contributed by atoms with Gasteiger partial charge in [0.1, 0.15) is 0 Å². The van der Waals surface area contributed by atoms with Crippen LogP contribution in [0, 0.1) is 10.1 Å². The van der Waals surface area contributed by atoms with E-state index in [1.54, 1.807) is 12.2 Å². The molecule has 0 aromatic heterocycles. The number of nitrogens with zero attached hydrogens (tertiary/aromatic N) is 1. The molecule has 0 aliphatic carbocycles. The van der Waals surface area contributed by atoms with Gasteiger partial charge in [-0.1, -0.05) is 18.2 Å². The van der Waals surface area contributed by atoms with E-state index >= 15 is 0 Å². The second kappa shape index (κ2) is 7.12. The number of para-hydroxylation sites is 1. The summed E-state index contributed by atoms with van der Waals surface area (Å²) in [4.78, 5) is 22.1. The molecule has 0 fully saturated rings. The number of amides is 1. The number of carbonyl (C=O) groups excluding carboxylic acids is 1. The van der Waals surface area contributed by atoms with Crippen molar-refractivity contribution < 1.29 is 14.5 Å². The molecule has 0 saturated carbocycles. The van der Waals surface area contributed by atoms with E-state index in [-0.39, 0.29) is 17.0 Å². The Balaban J connectivity index is 2.93. The van der Waals surface area contributed by atoms with Gasteiger partial charge in [0.2, 0.25) is 5.75 Å². The molecule has 3 N–H and O–H groups in total. The number of rotatable bonds is 6. The molecule has 0 radical (unpaired) electrons. The number of benzene rings is 1. The van der Waals surface area contributed by atoms with Crippen LogP contribution in [-0.2, 0) is 0 Å². The monoisotopic (exact) mass is 265 g/mol. The van der Waals surface area contributed by atoms with Gasteiger partial charge in [-0.2, -0.15) is 0 Å². The minimum atomic E-state index is -0.593. The smallest absolute Gasteiger partial charge is 0.311 e. The van der Waals surface area contributed by atoms with E-state index in [0.717, 1.165) is 0 Å². The molecule has 1 aromatic rings. The van der Waals surface area contributed by atoms with E-state index in [9.17, 15) is 14.9 Å². The van der Waals surface area contributed by atoms with Crippen molar-refractivity contribution in [3.8, 4) is 5.75 Å². The van der Waals surface area contributed by atoms with Crippen LogP contribution in [0.4, 0.5) is 5.69 Å². The van der Waals surface area contributed by atoms with Gasteiger partial charge in [-0.25, -0.2) is 0 Å². The summed E-state index contributed by atoms with van der Waals surface area (Å²) < 4.78 is 4.95. The fraction of sp³-hybridized carbons (Fsp3) is 0.250. The highest BCUT2D eigenvalue weighted by atomic mass is 16.6. The maximum Gasteiger partial charge on any atom is 0.311 e. The minimum Gasteiger partial charge on any atom is -0.490 e. The Bertz CT molecular complexity index is 500. The highest BCUT2D eigenvalue weighted by Crippen LogP contribution is 2.30. The highest BCUT2D eigenvalue weighted by molar-refractivity contribution is 5.98. The fourth-order valence-corrected chi connectivity index (χ4v) is 1.49. The number of methoxy groups -OCH3 is 1. The third-order valence-corrected chi connectivity index (χ3v) is 2.32. The van der Waals surface area contributed by atoms with Crippen molar-refractivity contribution in [1.82, 2.24) is 5.32 Å². The first-order valence-corrected chi connectivity index (χ1v) is 5.56. The minimum absolute atomic E-state index is 0.0483. The first-order chi connectivity index (χ1) is 9.11. The zero-order valence-corrected chi connectivity index (χ0v) is 10.5. The van der Waals surface area contributed by atoms with Crippen LogP contribution in [0.15, 0.2) is 30.4 Å². The summed E-state index contributed by atoms with van der Waals surface area (Å²) in [6, 6.07) is 4.18. The molecule has 19 heavy (non-hydrogen) atoms. The predicted molar refractivity (Wildman–Crippen MR) is 70.2 cm³/mol. The third-order valence-electron chi connectivity index (χ3n) is 2.32. The quantitative estimate of drug-likeness (QED) is 0.450. The molecule has 7 heteroatoms. The van der Waals surface area contributed by atoms with Crippen LogP contribution in [0.5, 0.6) is 5.75 Å². The van der Waals surface area contributed by atoms with Crippen LogP contribution in [0.3, 0.4) is 0 Å². The zero-order valence-electron chi connectivity index (χ0n) is 10.5. The zero-order chi connectivity index (χ0) is 14.3. The van der Waals surface area contributed by atoms with E-state index in [1.165, 1.54) is 25.3 Å². The van der Waals surface area contributed by atoms with Gasteiger partial charge >= 0.3 is 5.69 Å². The Morgan fingerprint density at radius 3 is 2.84 bits per heavy atom. The Morgan fingerprint density at radius 1 is 1.53 bits per heavy atom. The van der Waals surface area contributed by atoms with Gasteiger partial charge in [0.05, 0.1) is 17.6 Å². The SMILES string of the molecule is COc1c(C(=O)NC/C=C/CN)cccc1[N+](=O)[O-]. The molecule has 0 saturated heterocycles. The molecule has 0 heterocycles. The van der Waals surface area contributed by atoms with Crippen LogP contribution in [0.2, 0.25) is 0 Å². The van der Waals surface area contributed by atoms with E-state index < -0.39 is 10.8 Å². The summed E-state index contributed by atoms with van der Waals surface area (Å²) in [5, 5.41) is 13.4. The van der Waals surface area contributed by atoms with Crippen molar-refractivity contribution in [2.75, 3.05) is 20.2 Å². The average Bonchev–Trinajstić information content (AvgIpc) is 2.42. The highest BCUT2D eigenvalue weighted by Gasteiger charge is 2.21. The lowest BCUT2D eigenvalue weighted by Crippen LogP contribution is -2.24. The van der Waals surface area contributed by atoms with Gasteiger partial charge in [-0.05, 0) is 6.07 Å². The summed E-state index contributed by atoms with van der Waals surface area (Å²) in [5.41, 5.74) is 5.14. The number of nitrogens with two attached hydrogens (primary N) is 1. The van der Waals surface area contributed by atoms with Crippen LogP contribution < -0.4 is 15.8 Å². The lowest BCUT2D eigenvalue weighted by Gasteiger charge is -2.08. The van der Waals surface area contributed by atoms with Crippen molar-refractivity contribution >= 4 is 11.6 Å². The number of hydrogen-bond acceptors (Lipinski definition) is 5. The van der Waals surface area contributed by atoms with Crippen molar-refractivity contribution in [2.45, 2.75) is 0 Å². The third kappa shape index (κ3) is 3.78. The van der Waals surface area contributed by atoms with Crippen LogP contribution >= 0.6 is 0 Å². The van der Waals surface area contributed by atoms with Gasteiger partial charge in [-0.3, -0.25) is 14.9 Å². The Hall–Kier alpha value is -2.41. The number of nitrogens with one attached hydrogen (secondary N) is 1. The maximum atomic E-state index is 11.9. The van der Waals surface area contributed by atoms with E-state index in [1.807, 2.05) is 0 Å². The lowest BCUT2D eigenvalue weighted by atomic mass is 10.1. The second-order valence-electron chi connectivity index (χ2n) is 3.53. The summed E-state index contributed by atoms with van der Waals surface area (Å²) >= 11 is 0. The molecule has 0 unspecified atom stereocenters. The molecular formula is C12H15N3O4. The largest absolute Gasteiger partial charge is 0.490 e. The summed E-state index contributed by atoms with van der Waals surface area (Å²) in [6.45, 7) is 0.678. The van der Waals surface area contributed by atoms with Gasteiger partial charge in [0, 0.05) is 19.2 Å². The van der Waals surface area contributed by atoms with Crippen LogP contribution in [0.1, 0.15) is 10.4 Å². The van der Waals surface area contributed by atoms with E-state index in [4.69, 9.17) is 10.5 Å². The Labute approximate surface area is 110 Å². The first kappa shape index (κ1) is 14.7. The number of hydrogen-bond donors (Lipinski definition) is 2. The lowest BCUT2D eigenvalue weighted by molar-refractivity contribution is -0.385. The van der Waals surface area contributed by atoms with E-state index in [2.05, 4.69) is 5.32 Å². The molecular weight excluding hydrogens is 250 g/mol. The fourth-order valence-electron chi connectivity index (χ4n) is 1.49. The molecule has 1 aromatic carbocycles. The number of nitro benzene ring substituents is 1. The van der Waals surface area contributed by atoms with Crippen LogP contribution in [-0.4, -0.2) is 31.0 Å². The Morgan fingerprint density at radius 2 is 2.26 bits per heavy atom. The number of nitro groups is 1. The van der Waals surface area contributed by atoms with Crippen molar-refractivity contribution in [2.24, 2.45) is 5.73 Å². The Kier molecular flexibility index (Phi) is 5.49. The number of ether oxygens (including phenoxy) is 1. The molecule has 0 atom stereocenters. The number of carbonyl (C=O) groups is 1. The van der Waals surface area contributed by atoms with Crippen molar-refractivity contribution in [1.29, 1.82) is 0 Å². The normalized spacial score (nSPS) is 10.4. The summed E-state index contributed by atoms with van der Waals surface area (Å²) in [5.74, 6) is -0.491. The molecule has 0 bridgehead atoms. The standard InChI is InChI=1S/C12H15N3O4/c1-19-11-9(5-4-6-10(11)15(17)18)12(16)14-8-3-2-7-13/h2-6H,7-8,13H2,1H3,(H,14,16)/b3-2+. The second-order valence-corrected chi connectivity index (χ2v) is 3.53. The predicted octanol–water partition coefficient (Wildman–Crippen LogP) is 0.848. The van der Waals surface area contributed by atoms with E-state index in [0.29, 0.717) is 13.1 Å². The van der Waals surface area contributed by atoms with Crippen LogP contribution in [0.25, 0.3) is 0 Å². The topological polar surface area (TPSA) is 107 Å². The molecule has 0 aliphatic rings. The molecule has 1 amide bonds. The first-order valence-electron chi connectivity index (χ1n) is 5.56.